The number of anilines is 2. The molecule has 1 saturated heterocycles. The van der Waals surface area contributed by atoms with Crippen molar-refractivity contribution < 1.29 is 47.6 Å². The minimum Gasteiger partial charge on any atom is -0.494 e. The van der Waals surface area contributed by atoms with Crippen LogP contribution < -0.4 is 36.0 Å². The van der Waals surface area contributed by atoms with Gasteiger partial charge in [-0.25, -0.2) is 4.98 Å². The number of carbonyl (C=O) groups is 4. The molecule has 1 saturated carbocycles. The Morgan fingerprint density at radius 2 is 1.60 bits per heavy atom. The fourth-order valence-corrected chi connectivity index (χ4v) is 9.96. The first kappa shape index (κ1) is 67.7. The predicted molar refractivity (Wildman–Crippen MR) is 340 cm³/mol. The van der Waals surface area contributed by atoms with E-state index >= 15 is 0 Å². The minimum atomic E-state index is -0.774. The van der Waals surface area contributed by atoms with E-state index < -0.39 is 6.04 Å². The number of nitrogens with one attached hydrogen (secondary N) is 3. The zero-order valence-corrected chi connectivity index (χ0v) is 51.3. The maximum Gasteiger partial charge on any atom is 0.247 e. The van der Waals surface area contributed by atoms with Gasteiger partial charge >= 0.3 is 0 Å². The molecule has 22 heteroatoms. The van der Waals surface area contributed by atoms with E-state index in [-0.39, 0.29) is 36.7 Å². The van der Waals surface area contributed by atoms with Crippen LogP contribution in [0.3, 0.4) is 0 Å². The molecule has 1 aromatic heterocycles. The lowest BCUT2D eigenvalue weighted by Crippen LogP contribution is -2.47. The summed E-state index contributed by atoms with van der Waals surface area (Å²) in [5, 5.41) is 15.2. The van der Waals surface area contributed by atoms with Gasteiger partial charge in [0.2, 0.25) is 24.1 Å². The zero-order chi connectivity index (χ0) is 61.1. The van der Waals surface area contributed by atoms with Crippen LogP contribution in [0.15, 0.2) is 119 Å². The summed E-state index contributed by atoms with van der Waals surface area (Å²) in [6, 6.07) is 20.2. The normalized spacial score (nSPS) is 14.6. The monoisotopic (exact) mass is 1200 g/mol. The van der Waals surface area contributed by atoms with E-state index in [4.69, 9.17) is 34.3 Å². The average Bonchev–Trinajstić information content (AvgIpc) is 2.04. The van der Waals surface area contributed by atoms with Crippen LogP contribution in [0.2, 0.25) is 0 Å². The summed E-state index contributed by atoms with van der Waals surface area (Å²) >= 11 is 1.54. The number of ether oxygens (including phenoxy) is 6. The van der Waals surface area contributed by atoms with Gasteiger partial charge < -0.3 is 69.8 Å². The van der Waals surface area contributed by atoms with Crippen molar-refractivity contribution in [1.29, 1.82) is 0 Å². The molecule has 1 aliphatic carbocycles. The number of nitrogens with zero attached hydrogens (tertiary/aromatic N) is 7. The standard InChI is InChI=1S/C53H71N7O9.C11H18N4OS/c1-4-8-41(5-2)38-56-53(63)52(44-13-12-43-23-30-69-50(43)37-44)60(47-16-17-47)51(62)22-11-42-9-18-48(19-10-42)67-28-7-6-26-59(3)27-32-66-34-33-64-29-24-46(58-54)39-55-25-31-65-35-36-68-49-20-14-45(15-21-49)57-40-61;1-12-11-13-9(8-17-11)7-10(16)15-5-3-14(2)4-6-15/h4-5,8-10,12-15,18-21,37,39-40,47,52H,1-2,6-7,11,16-17,22-36,38,54H2,3H3,(H,56,63)(H,57,61);8H,3-7H2,1-2H3,(H,12,13)/b41-8+,55-39?,58-46-;. The molecular formula is C64H89N11O10S. The molecule has 5 N–H and O–H groups in total. The number of likely N-dealkylation sites (N-methyl/N-ethyl adjacent to an activating group) is 2. The number of hydrazone groups is 1. The van der Waals surface area contributed by atoms with Gasteiger partial charge in [0.25, 0.3) is 0 Å². The van der Waals surface area contributed by atoms with Gasteiger partial charge in [0, 0.05) is 88.9 Å². The highest BCUT2D eigenvalue weighted by atomic mass is 32.1. The first-order chi connectivity index (χ1) is 42.0. The van der Waals surface area contributed by atoms with Gasteiger partial charge in [-0.1, -0.05) is 55.7 Å². The summed E-state index contributed by atoms with van der Waals surface area (Å²) in [6.45, 7) is 18.2. The number of aliphatic imine (C=N–C) groups is 1. The fourth-order valence-electron chi connectivity index (χ4n) is 9.29. The summed E-state index contributed by atoms with van der Waals surface area (Å²) in [6.07, 6.45) is 13.7. The van der Waals surface area contributed by atoms with Crippen LogP contribution in [-0.2, 0) is 52.7 Å². The molecule has 1 atom stereocenters. The minimum absolute atomic E-state index is 0.0135. The molecule has 0 radical (unpaired) electrons. The Kier molecular flexibility index (Phi) is 30.3. The number of amides is 4. The van der Waals surface area contributed by atoms with Crippen molar-refractivity contribution in [1.82, 2.24) is 29.9 Å². The van der Waals surface area contributed by atoms with Crippen molar-refractivity contribution in [2.75, 3.05) is 144 Å². The number of hydrogen-bond donors (Lipinski definition) is 4. The van der Waals surface area contributed by atoms with Crippen LogP contribution in [0, 0.1) is 0 Å². The summed E-state index contributed by atoms with van der Waals surface area (Å²) < 4.78 is 34.5. The molecule has 466 valence electrons. The number of fused-ring (bicyclic) bond motifs is 1. The van der Waals surface area contributed by atoms with Crippen LogP contribution in [0.25, 0.3) is 0 Å². The predicted octanol–water partition coefficient (Wildman–Crippen LogP) is 6.77. The Labute approximate surface area is 511 Å². The van der Waals surface area contributed by atoms with Crippen molar-refractivity contribution in [2.24, 2.45) is 15.9 Å². The maximum absolute atomic E-state index is 14.0. The third-order valence-electron chi connectivity index (χ3n) is 14.4. The van der Waals surface area contributed by atoms with Gasteiger partial charge in [0.15, 0.2) is 5.13 Å². The lowest BCUT2D eigenvalue weighted by atomic mass is 9.99. The topological polar surface area (TPSA) is 236 Å². The lowest BCUT2D eigenvalue weighted by molar-refractivity contribution is -0.141. The molecule has 3 aliphatic rings. The molecule has 21 nitrogen and oxygen atoms in total. The zero-order valence-electron chi connectivity index (χ0n) is 50.5. The molecule has 0 spiro atoms. The molecule has 2 fully saturated rings. The number of piperazine rings is 1. The van der Waals surface area contributed by atoms with E-state index in [0.717, 1.165) is 116 Å². The van der Waals surface area contributed by atoms with Gasteiger partial charge in [-0.05, 0) is 117 Å². The summed E-state index contributed by atoms with van der Waals surface area (Å²) in [4.78, 5) is 67.3. The second kappa shape index (κ2) is 38.6. The number of carbonyl (C=O) groups excluding carboxylic acids is 4. The Morgan fingerprint density at radius 1 is 0.884 bits per heavy atom. The third kappa shape index (κ3) is 24.5. The second-order valence-corrected chi connectivity index (χ2v) is 21.8. The number of unbranched alkanes of at least 4 members (excludes halogenated alkanes) is 1. The largest absolute Gasteiger partial charge is 0.494 e. The number of rotatable bonds is 39. The van der Waals surface area contributed by atoms with Gasteiger partial charge in [0.05, 0.1) is 77.2 Å². The average molecular weight is 1200 g/mol. The number of benzene rings is 3. The summed E-state index contributed by atoms with van der Waals surface area (Å²) in [5.41, 5.74) is 5.93. The molecule has 0 bridgehead atoms. The van der Waals surface area contributed by atoms with Crippen LogP contribution in [0.5, 0.6) is 17.2 Å². The van der Waals surface area contributed by atoms with Crippen molar-refractivity contribution >= 4 is 58.2 Å². The fraction of sp³-hybridized carbons (Fsp3) is 0.484. The van der Waals surface area contributed by atoms with Gasteiger partial charge in [-0.15, -0.1) is 11.3 Å². The van der Waals surface area contributed by atoms with E-state index in [9.17, 15) is 19.2 Å². The Hall–Kier alpha value is -7.47. The molecule has 1 unspecified atom stereocenters. The Balaban J connectivity index is 0.000000592. The molecule has 4 amide bonds. The number of thiazole rings is 1. The highest BCUT2D eigenvalue weighted by Gasteiger charge is 2.41. The van der Waals surface area contributed by atoms with Crippen molar-refractivity contribution in [3.63, 3.8) is 0 Å². The van der Waals surface area contributed by atoms with Crippen molar-refractivity contribution in [3.8, 4) is 17.2 Å². The molecule has 4 aromatic rings. The molecule has 7 rings (SSSR count). The number of hydrogen-bond acceptors (Lipinski definition) is 18. The summed E-state index contributed by atoms with van der Waals surface area (Å²) in [7, 11) is 6.01. The highest BCUT2D eigenvalue weighted by molar-refractivity contribution is 7.13. The molecule has 2 aliphatic heterocycles. The first-order valence-electron chi connectivity index (χ1n) is 29.7. The third-order valence-corrected chi connectivity index (χ3v) is 15.3. The first-order valence-corrected chi connectivity index (χ1v) is 30.6. The van der Waals surface area contributed by atoms with Crippen molar-refractivity contribution in [2.45, 2.75) is 69.9 Å². The van der Waals surface area contributed by atoms with Crippen LogP contribution >= 0.6 is 11.3 Å². The van der Waals surface area contributed by atoms with Crippen LogP contribution in [0.1, 0.15) is 67.0 Å². The summed E-state index contributed by atoms with van der Waals surface area (Å²) in [5.74, 6) is 7.70. The van der Waals surface area contributed by atoms with Crippen molar-refractivity contribution in [3.05, 3.63) is 131 Å². The number of aryl methyl sites for hydroxylation is 1. The van der Waals surface area contributed by atoms with E-state index in [1.54, 1.807) is 47.5 Å². The molecular weight excluding hydrogens is 1110 g/mol. The van der Waals surface area contributed by atoms with Gasteiger partial charge in [-0.3, -0.25) is 24.2 Å². The Morgan fingerprint density at radius 3 is 2.30 bits per heavy atom. The van der Waals surface area contributed by atoms with Crippen LogP contribution in [-0.4, -0.2) is 200 Å². The SMILES string of the molecule is C=C/C=C(\C=C)CNC(=O)C(c1ccc2c(c1)OCC2)N(C(=O)CCc1ccc(OCCCCN(C)CCOCCOCC/C(C=NCCOCCOc2ccc(NC=O)cc2)=N/N)cc1)C1CC1.CNc1nc(CC(=O)N2CCN(C)CC2)cs1. The second-order valence-electron chi connectivity index (χ2n) is 20.9. The van der Waals surface area contributed by atoms with Crippen LogP contribution in [0.4, 0.5) is 10.8 Å². The van der Waals surface area contributed by atoms with E-state index in [1.165, 1.54) is 11.3 Å². The van der Waals surface area contributed by atoms with Gasteiger partial charge in [0.1, 0.15) is 29.9 Å². The lowest BCUT2D eigenvalue weighted by Gasteiger charge is -2.32. The number of aromatic nitrogens is 1. The maximum atomic E-state index is 14.0. The van der Waals surface area contributed by atoms with E-state index in [1.807, 2.05) is 65.9 Å². The Bertz CT molecular complexity index is 2800. The van der Waals surface area contributed by atoms with E-state index in [2.05, 4.69) is 68.1 Å². The van der Waals surface area contributed by atoms with Gasteiger partial charge in [-0.2, -0.15) is 5.10 Å². The number of allylic oxidation sites excluding steroid dienone is 2. The molecule has 3 aromatic carbocycles. The highest BCUT2D eigenvalue weighted by Crippen LogP contribution is 2.38. The molecule has 3 heterocycles. The molecule has 86 heavy (non-hydrogen) atoms. The number of nitrogens with two attached hydrogens (primary N) is 1. The smallest absolute Gasteiger partial charge is 0.247 e. The quantitative estimate of drug-likeness (QED) is 0.00902. The van der Waals surface area contributed by atoms with E-state index in [0.29, 0.717) is 109 Å².